The zero-order valence-electron chi connectivity index (χ0n) is 10.7. The van der Waals surface area contributed by atoms with Gasteiger partial charge in [-0.3, -0.25) is 0 Å². The van der Waals surface area contributed by atoms with Crippen molar-refractivity contribution in [1.82, 2.24) is 14.9 Å². The van der Waals surface area contributed by atoms with Gasteiger partial charge in [-0.2, -0.15) is 0 Å². The summed E-state index contributed by atoms with van der Waals surface area (Å²) in [4.78, 5) is 4.81. The Labute approximate surface area is 102 Å². The highest BCUT2D eigenvalue weighted by atomic mass is 15.1. The molecular formula is C14H19N3. The van der Waals surface area contributed by atoms with Crippen LogP contribution < -0.4 is 5.32 Å². The van der Waals surface area contributed by atoms with Crippen LogP contribution in [0.1, 0.15) is 30.8 Å². The third-order valence-corrected chi connectivity index (χ3v) is 3.88. The van der Waals surface area contributed by atoms with Crippen molar-refractivity contribution in [2.75, 3.05) is 6.54 Å². The minimum atomic E-state index is 0.410. The van der Waals surface area contributed by atoms with Gasteiger partial charge in [-0.1, -0.05) is 13.0 Å². The number of aromatic nitrogens is 2. The van der Waals surface area contributed by atoms with E-state index in [1.807, 2.05) is 0 Å². The Balaban J connectivity index is 2.14. The van der Waals surface area contributed by atoms with Crippen LogP contribution in [0.4, 0.5) is 0 Å². The van der Waals surface area contributed by atoms with Crippen molar-refractivity contribution in [2.24, 2.45) is 13.0 Å². The van der Waals surface area contributed by atoms with Crippen LogP contribution >= 0.6 is 0 Å². The largest absolute Gasteiger partial charge is 0.330 e. The van der Waals surface area contributed by atoms with Crippen molar-refractivity contribution in [3.05, 3.63) is 29.6 Å². The van der Waals surface area contributed by atoms with Crippen LogP contribution in [0.25, 0.3) is 11.0 Å². The van der Waals surface area contributed by atoms with Gasteiger partial charge in [-0.05, 0) is 43.5 Å². The van der Waals surface area contributed by atoms with E-state index in [0.717, 1.165) is 12.1 Å². The van der Waals surface area contributed by atoms with Crippen molar-refractivity contribution < 1.29 is 0 Å². The van der Waals surface area contributed by atoms with Gasteiger partial charge >= 0.3 is 0 Å². The van der Waals surface area contributed by atoms with E-state index in [1.165, 1.54) is 23.3 Å². The first-order valence-electron chi connectivity index (χ1n) is 6.33. The maximum atomic E-state index is 4.81. The molecule has 0 radical (unpaired) electrons. The molecule has 90 valence electrons. The van der Waals surface area contributed by atoms with Crippen LogP contribution in [-0.2, 0) is 7.05 Å². The second kappa shape index (κ2) is 3.84. The number of imidazole rings is 1. The molecule has 0 aliphatic carbocycles. The monoisotopic (exact) mass is 229 g/mol. The van der Waals surface area contributed by atoms with Crippen molar-refractivity contribution in [3.63, 3.8) is 0 Å². The molecule has 1 fully saturated rings. The molecule has 3 heteroatoms. The molecule has 0 amide bonds. The van der Waals surface area contributed by atoms with Crippen LogP contribution in [0, 0.1) is 12.8 Å². The lowest BCUT2D eigenvalue weighted by molar-refractivity contribution is 0.469. The van der Waals surface area contributed by atoms with Gasteiger partial charge in [0.05, 0.1) is 17.1 Å². The topological polar surface area (TPSA) is 29.9 Å². The van der Waals surface area contributed by atoms with Gasteiger partial charge < -0.3 is 9.88 Å². The molecule has 17 heavy (non-hydrogen) atoms. The smallest absolute Gasteiger partial charge is 0.127 e. The minimum absolute atomic E-state index is 0.410. The van der Waals surface area contributed by atoms with Crippen molar-refractivity contribution >= 4 is 11.0 Å². The Kier molecular flexibility index (Phi) is 2.44. The van der Waals surface area contributed by atoms with Gasteiger partial charge in [0.15, 0.2) is 0 Å². The van der Waals surface area contributed by atoms with Crippen LogP contribution in [0.3, 0.4) is 0 Å². The molecule has 1 N–H and O–H groups in total. The lowest BCUT2D eigenvalue weighted by Gasteiger charge is -2.15. The average molecular weight is 229 g/mol. The summed E-state index contributed by atoms with van der Waals surface area (Å²) in [6, 6.07) is 6.89. The molecule has 1 aliphatic rings. The molecule has 2 heterocycles. The zero-order chi connectivity index (χ0) is 12.0. The second-order valence-electron chi connectivity index (χ2n) is 5.22. The fourth-order valence-electron chi connectivity index (χ4n) is 2.79. The number of rotatable bonds is 1. The maximum Gasteiger partial charge on any atom is 0.127 e. The van der Waals surface area contributed by atoms with E-state index in [4.69, 9.17) is 4.98 Å². The molecule has 1 aromatic heterocycles. The lowest BCUT2D eigenvalue weighted by atomic mass is 10.0. The Morgan fingerprint density at radius 3 is 2.94 bits per heavy atom. The van der Waals surface area contributed by atoms with Crippen LogP contribution in [0.2, 0.25) is 0 Å². The van der Waals surface area contributed by atoms with E-state index in [9.17, 15) is 0 Å². The quantitative estimate of drug-likeness (QED) is 0.814. The van der Waals surface area contributed by atoms with Gasteiger partial charge in [0.25, 0.3) is 0 Å². The van der Waals surface area contributed by atoms with Gasteiger partial charge in [-0.25, -0.2) is 4.98 Å². The molecule has 3 nitrogen and oxygen atoms in total. The number of benzene rings is 1. The Morgan fingerprint density at radius 2 is 2.24 bits per heavy atom. The SMILES string of the molecule is Cc1ccc2c(c1)nc(C1NCCC1C)n2C. The van der Waals surface area contributed by atoms with E-state index < -0.39 is 0 Å². The molecule has 1 aliphatic heterocycles. The van der Waals surface area contributed by atoms with Gasteiger partial charge in [0.2, 0.25) is 0 Å². The fourth-order valence-corrected chi connectivity index (χ4v) is 2.79. The molecular weight excluding hydrogens is 210 g/mol. The van der Waals surface area contributed by atoms with Crippen molar-refractivity contribution in [2.45, 2.75) is 26.3 Å². The van der Waals surface area contributed by atoms with Gasteiger partial charge in [-0.15, -0.1) is 0 Å². The summed E-state index contributed by atoms with van der Waals surface area (Å²) in [6.45, 7) is 5.52. The Bertz CT molecular complexity index is 556. The van der Waals surface area contributed by atoms with E-state index in [2.05, 4.69) is 49.0 Å². The molecule has 2 aromatic rings. The van der Waals surface area contributed by atoms with E-state index >= 15 is 0 Å². The molecule has 1 aromatic carbocycles. The highest BCUT2D eigenvalue weighted by Crippen LogP contribution is 2.30. The summed E-state index contributed by atoms with van der Waals surface area (Å²) in [6.07, 6.45) is 1.24. The van der Waals surface area contributed by atoms with Crippen LogP contribution in [-0.4, -0.2) is 16.1 Å². The first-order chi connectivity index (χ1) is 8.16. The molecule has 0 spiro atoms. The first kappa shape index (κ1) is 10.8. The van der Waals surface area contributed by atoms with E-state index in [-0.39, 0.29) is 0 Å². The Morgan fingerprint density at radius 1 is 1.41 bits per heavy atom. The number of nitrogens with one attached hydrogen (secondary N) is 1. The fraction of sp³-hybridized carbons (Fsp3) is 0.500. The lowest BCUT2D eigenvalue weighted by Crippen LogP contribution is -2.20. The first-order valence-corrected chi connectivity index (χ1v) is 6.33. The average Bonchev–Trinajstić information content (AvgIpc) is 2.83. The van der Waals surface area contributed by atoms with Crippen molar-refractivity contribution in [1.29, 1.82) is 0 Å². The Hall–Kier alpha value is -1.35. The van der Waals surface area contributed by atoms with E-state index in [0.29, 0.717) is 12.0 Å². The summed E-state index contributed by atoms with van der Waals surface area (Å²) in [5, 5.41) is 3.56. The predicted molar refractivity (Wildman–Crippen MR) is 70.0 cm³/mol. The summed E-state index contributed by atoms with van der Waals surface area (Å²) in [5.41, 5.74) is 3.62. The third kappa shape index (κ3) is 1.65. The zero-order valence-corrected chi connectivity index (χ0v) is 10.7. The number of nitrogens with zero attached hydrogens (tertiary/aromatic N) is 2. The predicted octanol–water partition coefficient (Wildman–Crippen LogP) is 2.55. The standard InChI is InChI=1S/C14H19N3/c1-9-4-5-12-11(8-9)16-14(17(12)3)13-10(2)6-7-15-13/h4-5,8,10,13,15H,6-7H2,1-3H3. The molecule has 0 bridgehead atoms. The summed E-state index contributed by atoms with van der Waals surface area (Å²) in [5.74, 6) is 1.85. The second-order valence-corrected chi connectivity index (χ2v) is 5.22. The maximum absolute atomic E-state index is 4.81. The van der Waals surface area contributed by atoms with Gasteiger partial charge in [0.1, 0.15) is 5.82 Å². The molecule has 0 saturated carbocycles. The molecule has 3 rings (SSSR count). The number of fused-ring (bicyclic) bond motifs is 1. The summed E-state index contributed by atoms with van der Waals surface area (Å²) < 4.78 is 2.23. The normalized spacial score (nSPS) is 24.6. The summed E-state index contributed by atoms with van der Waals surface area (Å²) in [7, 11) is 2.12. The van der Waals surface area contributed by atoms with Crippen LogP contribution in [0.15, 0.2) is 18.2 Å². The molecule has 2 atom stereocenters. The van der Waals surface area contributed by atoms with E-state index in [1.54, 1.807) is 0 Å². The van der Waals surface area contributed by atoms with Crippen LogP contribution in [0.5, 0.6) is 0 Å². The number of hydrogen-bond acceptors (Lipinski definition) is 2. The summed E-state index contributed by atoms with van der Waals surface area (Å²) >= 11 is 0. The van der Waals surface area contributed by atoms with Gasteiger partial charge in [0, 0.05) is 7.05 Å². The highest BCUT2D eigenvalue weighted by Gasteiger charge is 2.28. The number of hydrogen-bond donors (Lipinski definition) is 1. The molecule has 1 saturated heterocycles. The third-order valence-electron chi connectivity index (χ3n) is 3.88. The minimum Gasteiger partial charge on any atom is -0.330 e. The highest BCUT2D eigenvalue weighted by molar-refractivity contribution is 5.76. The molecule has 2 unspecified atom stereocenters. The van der Waals surface area contributed by atoms with Crippen molar-refractivity contribution in [3.8, 4) is 0 Å². The number of aryl methyl sites for hydroxylation is 2.